The molecule has 5 heteroatoms. The van der Waals surface area contributed by atoms with Crippen molar-refractivity contribution in [2.75, 3.05) is 39.0 Å². The molecule has 1 rings (SSSR count). The zero-order valence-corrected chi connectivity index (χ0v) is 13.1. The molecule has 0 aliphatic carbocycles. The Morgan fingerprint density at radius 1 is 1.29 bits per heavy atom. The molecule has 0 saturated carbocycles. The van der Waals surface area contributed by atoms with E-state index in [-0.39, 0.29) is 12.7 Å². The molecule has 0 aromatic heterocycles. The van der Waals surface area contributed by atoms with Gasteiger partial charge < -0.3 is 19.9 Å². The number of carbonyl (C=O) groups excluding carboxylic acids is 1. The van der Waals surface area contributed by atoms with Crippen molar-refractivity contribution in [3.05, 3.63) is 42.6 Å². The van der Waals surface area contributed by atoms with E-state index in [1.807, 2.05) is 50.2 Å². The third-order valence-corrected chi connectivity index (χ3v) is 3.04. The number of likely N-dealkylation sites (N-methyl/N-ethyl adjacent to an activating group) is 2. The maximum absolute atomic E-state index is 12.0. The van der Waals surface area contributed by atoms with Crippen LogP contribution in [0.5, 0.6) is 0 Å². The Bertz CT molecular complexity index is 443. The number of benzene rings is 1. The monoisotopic (exact) mass is 291 g/mol. The van der Waals surface area contributed by atoms with Crippen LogP contribution in [0.2, 0.25) is 0 Å². The third kappa shape index (κ3) is 6.31. The fourth-order valence-corrected chi connectivity index (χ4v) is 1.75. The second-order valence-electron chi connectivity index (χ2n) is 4.98. The molecule has 0 aliphatic heterocycles. The van der Waals surface area contributed by atoms with Crippen LogP contribution in [0.15, 0.2) is 37.0 Å². The molecule has 0 atom stereocenters. The molecule has 0 aliphatic rings. The van der Waals surface area contributed by atoms with E-state index in [0.29, 0.717) is 13.1 Å². The highest BCUT2D eigenvalue weighted by molar-refractivity contribution is 5.67. The Balaban J connectivity index is 2.44. The van der Waals surface area contributed by atoms with Gasteiger partial charge in [0.25, 0.3) is 0 Å². The minimum Gasteiger partial charge on any atom is -0.445 e. The summed E-state index contributed by atoms with van der Waals surface area (Å²) >= 11 is 0. The maximum atomic E-state index is 12.0. The lowest BCUT2D eigenvalue weighted by Crippen LogP contribution is -2.36. The van der Waals surface area contributed by atoms with E-state index in [9.17, 15) is 4.79 Å². The van der Waals surface area contributed by atoms with Gasteiger partial charge >= 0.3 is 6.09 Å². The lowest BCUT2D eigenvalue weighted by atomic mass is 10.2. The highest BCUT2D eigenvalue weighted by atomic mass is 16.6. The fourth-order valence-electron chi connectivity index (χ4n) is 1.75. The van der Waals surface area contributed by atoms with Crippen LogP contribution in [0, 0.1) is 0 Å². The summed E-state index contributed by atoms with van der Waals surface area (Å²) in [6, 6.07) is 7.70. The predicted octanol–water partition coefficient (Wildman–Crippen LogP) is 2.76. The molecule has 21 heavy (non-hydrogen) atoms. The van der Waals surface area contributed by atoms with Crippen molar-refractivity contribution in [2.45, 2.75) is 13.5 Å². The van der Waals surface area contributed by atoms with Crippen molar-refractivity contribution < 1.29 is 9.53 Å². The van der Waals surface area contributed by atoms with E-state index in [0.717, 1.165) is 17.8 Å². The summed E-state index contributed by atoms with van der Waals surface area (Å²) in [5.74, 6) is 0. The predicted molar refractivity (Wildman–Crippen MR) is 86.2 cm³/mol. The van der Waals surface area contributed by atoms with E-state index < -0.39 is 0 Å². The molecule has 0 radical (unpaired) electrons. The van der Waals surface area contributed by atoms with Gasteiger partial charge in [0.2, 0.25) is 0 Å². The van der Waals surface area contributed by atoms with Gasteiger partial charge in [0, 0.05) is 25.3 Å². The van der Waals surface area contributed by atoms with Gasteiger partial charge in [-0.05, 0) is 44.9 Å². The fraction of sp³-hybridized carbons (Fsp3) is 0.438. The van der Waals surface area contributed by atoms with Crippen molar-refractivity contribution in [1.29, 1.82) is 0 Å². The largest absolute Gasteiger partial charge is 0.445 e. The number of nitrogens with one attached hydrogen (secondary N) is 1. The van der Waals surface area contributed by atoms with Crippen LogP contribution in [-0.2, 0) is 11.3 Å². The van der Waals surface area contributed by atoms with Crippen molar-refractivity contribution in [2.24, 2.45) is 0 Å². The van der Waals surface area contributed by atoms with Gasteiger partial charge in [-0.3, -0.25) is 0 Å². The number of anilines is 1. The quantitative estimate of drug-likeness (QED) is 0.800. The zero-order chi connectivity index (χ0) is 15.7. The first kappa shape index (κ1) is 17.0. The van der Waals surface area contributed by atoms with E-state index in [2.05, 4.69) is 11.9 Å². The number of hydrogen-bond donors (Lipinski definition) is 1. The molecule has 0 bridgehead atoms. The van der Waals surface area contributed by atoms with Crippen molar-refractivity contribution >= 4 is 11.8 Å². The van der Waals surface area contributed by atoms with Crippen LogP contribution in [0.4, 0.5) is 10.5 Å². The molecule has 5 nitrogen and oxygen atoms in total. The minimum absolute atomic E-state index is 0.271. The summed E-state index contributed by atoms with van der Waals surface area (Å²) in [5.41, 5.74) is 1.92. The molecule has 0 unspecified atom stereocenters. The van der Waals surface area contributed by atoms with Crippen LogP contribution in [-0.4, -0.2) is 49.6 Å². The Kier molecular flexibility index (Phi) is 7.32. The SMILES string of the molecule is C=CNc1ccc(COC(=O)N(CC)CCN(C)C)cc1. The molecule has 0 heterocycles. The molecule has 0 fully saturated rings. The Labute approximate surface area is 127 Å². The molecule has 1 amide bonds. The number of rotatable bonds is 8. The summed E-state index contributed by atoms with van der Waals surface area (Å²) in [7, 11) is 3.97. The summed E-state index contributed by atoms with van der Waals surface area (Å²) in [5, 5.41) is 3.00. The molecule has 1 N–H and O–H groups in total. The van der Waals surface area contributed by atoms with Gasteiger partial charge in [-0.15, -0.1) is 0 Å². The minimum atomic E-state index is -0.271. The first-order valence-electron chi connectivity index (χ1n) is 7.09. The summed E-state index contributed by atoms with van der Waals surface area (Å²) in [4.78, 5) is 15.7. The van der Waals surface area contributed by atoms with Gasteiger partial charge in [-0.1, -0.05) is 18.7 Å². The molecule has 1 aromatic carbocycles. The topological polar surface area (TPSA) is 44.8 Å². The number of carbonyl (C=O) groups is 1. The van der Waals surface area contributed by atoms with E-state index in [1.165, 1.54) is 0 Å². The number of ether oxygens (including phenoxy) is 1. The second-order valence-corrected chi connectivity index (χ2v) is 4.98. The first-order valence-corrected chi connectivity index (χ1v) is 7.09. The normalized spacial score (nSPS) is 10.3. The van der Waals surface area contributed by atoms with Gasteiger partial charge in [-0.2, -0.15) is 0 Å². The summed E-state index contributed by atoms with van der Waals surface area (Å²) in [6.07, 6.45) is 1.35. The van der Waals surface area contributed by atoms with Crippen LogP contribution < -0.4 is 5.32 Å². The number of hydrogen-bond acceptors (Lipinski definition) is 4. The standard InChI is InChI=1S/C16H25N3O2/c1-5-17-15-9-7-14(8-10-15)13-21-16(20)19(6-2)12-11-18(3)4/h5,7-10,17H,1,6,11-13H2,2-4H3. The van der Waals surface area contributed by atoms with E-state index in [1.54, 1.807) is 11.1 Å². The molecular formula is C16H25N3O2. The second kappa shape index (κ2) is 9.02. The van der Waals surface area contributed by atoms with Crippen LogP contribution in [0.1, 0.15) is 12.5 Å². The number of amides is 1. The smallest absolute Gasteiger partial charge is 0.410 e. The third-order valence-electron chi connectivity index (χ3n) is 3.04. The Morgan fingerprint density at radius 3 is 2.48 bits per heavy atom. The van der Waals surface area contributed by atoms with Crippen molar-refractivity contribution in [3.63, 3.8) is 0 Å². The maximum Gasteiger partial charge on any atom is 0.410 e. The summed E-state index contributed by atoms with van der Waals surface area (Å²) in [6.45, 7) is 7.98. The Hall–Kier alpha value is -2.01. The molecule has 1 aromatic rings. The average Bonchev–Trinajstić information content (AvgIpc) is 2.47. The van der Waals surface area contributed by atoms with Crippen molar-refractivity contribution in [1.82, 2.24) is 9.80 Å². The highest BCUT2D eigenvalue weighted by Crippen LogP contribution is 2.10. The lowest BCUT2D eigenvalue weighted by molar-refractivity contribution is 0.0956. The molecule has 116 valence electrons. The molecule has 0 spiro atoms. The Morgan fingerprint density at radius 2 is 1.95 bits per heavy atom. The summed E-state index contributed by atoms with van der Waals surface area (Å²) < 4.78 is 5.34. The van der Waals surface area contributed by atoms with Crippen LogP contribution >= 0.6 is 0 Å². The van der Waals surface area contributed by atoms with Crippen LogP contribution in [0.3, 0.4) is 0 Å². The zero-order valence-electron chi connectivity index (χ0n) is 13.1. The van der Waals surface area contributed by atoms with Gasteiger partial charge in [0.15, 0.2) is 0 Å². The number of nitrogens with zero attached hydrogens (tertiary/aromatic N) is 2. The molecular weight excluding hydrogens is 266 g/mol. The van der Waals surface area contributed by atoms with Gasteiger partial charge in [0.1, 0.15) is 6.61 Å². The molecule has 0 saturated heterocycles. The van der Waals surface area contributed by atoms with E-state index >= 15 is 0 Å². The van der Waals surface area contributed by atoms with Gasteiger partial charge in [-0.25, -0.2) is 4.79 Å². The van der Waals surface area contributed by atoms with Crippen molar-refractivity contribution in [3.8, 4) is 0 Å². The van der Waals surface area contributed by atoms with Crippen LogP contribution in [0.25, 0.3) is 0 Å². The lowest BCUT2D eigenvalue weighted by Gasteiger charge is -2.22. The van der Waals surface area contributed by atoms with Gasteiger partial charge in [0.05, 0.1) is 0 Å². The van der Waals surface area contributed by atoms with E-state index in [4.69, 9.17) is 4.74 Å². The highest BCUT2D eigenvalue weighted by Gasteiger charge is 2.13. The average molecular weight is 291 g/mol. The first-order chi connectivity index (χ1) is 10.1.